The van der Waals surface area contributed by atoms with Crippen LogP contribution in [-0.4, -0.2) is 5.76 Å². The van der Waals surface area contributed by atoms with Gasteiger partial charge in [0.15, 0.2) is 0 Å². The Labute approximate surface area is 125 Å². The van der Waals surface area contributed by atoms with Crippen LogP contribution in [0.15, 0.2) is 34.7 Å². The predicted octanol–water partition coefficient (Wildman–Crippen LogP) is 5.31. The van der Waals surface area contributed by atoms with E-state index in [-0.39, 0.29) is 5.75 Å². The maximum absolute atomic E-state index is 12.1. The predicted molar refractivity (Wildman–Crippen MR) is 79.5 cm³/mol. The normalized spacial score (nSPS) is 11.1. The van der Waals surface area contributed by atoms with E-state index in [0.717, 1.165) is 11.3 Å². The van der Waals surface area contributed by atoms with Crippen LogP contribution in [0.1, 0.15) is 17.1 Å². The fourth-order valence-electron chi connectivity index (χ4n) is 1.70. The Balaban J connectivity index is 1.92. The van der Waals surface area contributed by atoms with E-state index >= 15 is 0 Å². The number of alkyl halides is 2. The summed E-state index contributed by atoms with van der Waals surface area (Å²) in [5.41, 5.74) is 1.93. The number of furan rings is 1. The van der Waals surface area contributed by atoms with E-state index in [1.54, 1.807) is 12.1 Å². The molecule has 1 N–H and O–H groups in total. The Morgan fingerprint density at radius 3 is 2.75 bits per heavy atom. The lowest BCUT2D eigenvalue weighted by molar-refractivity contribution is 0.251. The number of rotatable bonds is 6. The van der Waals surface area contributed by atoms with Crippen molar-refractivity contribution in [3.05, 3.63) is 52.4 Å². The first-order valence-corrected chi connectivity index (χ1v) is 7.44. The fraction of sp³-hybridized carbons (Fsp3) is 0.286. The Morgan fingerprint density at radius 2 is 2.00 bits per heavy atom. The number of hydrogen-bond acceptors (Lipinski definition) is 3. The average molecular weight is 318 g/mol. The van der Waals surface area contributed by atoms with Gasteiger partial charge in [0, 0.05) is 0 Å². The smallest absolute Gasteiger partial charge is 0.284 e. The Bertz CT molecular complexity index is 574. The molecule has 0 spiro atoms. The maximum atomic E-state index is 12.1. The minimum Gasteiger partial charge on any atom is -0.463 e. The zero-order valence-corrected chi connectivity index (χ0v) is 12.4. The van der Waals surface area contributed by atoms with Crippen molar-refractivity contribution in [1.82, 2.24) is 0 Å². The molecule has 108 valence electrons. The molecular formula is C14H14ClF2NOS. The minimum absolute atomic E-state index is 0.170. The molecule has 2 aromatic rings. The number of benzene rings is 1. The lowest BCUT2D eigenvalue weighted by atomic mass is 10.2. The zero-order valence-electron chi connectivity index (χ0n) is 10.8. The second-order valence-corrected chi connectivity index (χ2v) is 5.66. The molecule has 0 aliphatic carbocycles. The van der Waals surface area contributed by atoms with Gasteiger partial charge in [-0.3, -0.25) is 0 Å². The summed E-state index contributed by atoms with van der Waals surface area (Å²) in [7, 11) is 0. The lowest BCUT2D eigenvalue weighted by Crippen LogP contribution is -1.99. The largest absolute Gasteiger partial charge is 0.463 e. The van der Waals surface area contributed by atoms with Crippen LogP contribution in [0.2, 0.25) is 5.02 Å². The molecule has 0 amide bonds. The highest BCUT2D eigenvalue weighted by Gasteiger charge is 2.08. The lowest BCUT2D eigenvalue weighted by Gasteiger charge is -2.07. The molecule has 6 heteroatoms. The third-order valence-electron chi connectivity index (χ3n) is 2.64. The SMILES string of the molecule is Cc1ccc(Cl)c(NCc2ccc(CSC(F)F)o2)c1. The summed E-state index contributed by atoms with van der Waals surface area (Å²) >= 11 is 6.62. The van der Waals surface area contributed by atoms with Crippen LogP contribution < -0.4 is 5.32 Å². The van der Waals surface area contributed by atoms with Gasteiger partial charge in [-0.2, -0.15) is 8.78 Å². The molecule has 0 fully saturated rings. The first-order chi connectivity index (χ1) is 9.54. The number of thioether (sulfide) groups is 1. The summed E-state index contributed by atoms with van der Waals surface area (Å²) in [6.45, 7) is 2.44. The molecule has 1 aromatic heterocycles. The monoisotopic (exact) mass is 317 g/mol. The summed E-state index contributed by atoms with van der Waals surface area (Å²) in [6, 6.07) is 9.19. The van der Waals surface area contributed by atoms with Gasteiger partial charge in [-0.05, 0) is 36.8 Å². The second-order valence-electron chi connectivity index (χ2n) is 4.28. The molecule has 0 saturated carbocycles. The molecule has 0 saturated heterocycles. The van der Waals surface area contributed by atoms with Crippen molar-refractivity contribution in [2.45, 2.75) is 25.0 Å². The highest BCUT2D eigenvalue weighted by molar-refractivity contribution is 7.98. The van der Waals surface area contributed by atoms with Gasteiger partial charge < -0.3 is 9.73 Å². The first kappa shape index (κ1) is 15.2. The van der Waals surface area contributed by atoms with Gasteiger partial charge >= 0.3 is 0 Å². The molecule has 2 nitrogen and oxygen atoms in total. The molecular weight excluding hydrogens is 304 g/mol. The van der Waals surface area contributed by atoms with Gasteiger partial charge in [-0.1, -0.05) is 29.4 Å². The van der Waals surface area contributed by atoms with E-state index in [1.807, 2.05) is 25.1 Å². The zero-order chi connectivity index (χ0) is 14.5. The summed E-state index contributed by atoms with van der Waals surface area (Å²) in [4.78, 5) is 0. The van der Waals surface area contributed by atoms with Crippen LogP contribution in [0.5, 0.6) is 0 Å². The van der Waals surface area contributed by atoms with Crippen molar-refractivity contribution in [2.24, 2.45) is 0 Å². The van der Waals surface area contributed by atoms with Gasteiger partial charge in [-0.25, -0.2) is 0 Å². The van der Waals surface area contributed by atoms with Gasteiger partial charge in [-0.15, -0.1) is 0 Å². The number of aryl methyl sites for hydroxylation is 1. The van der Waals surface area contributed by atoms with E-state index in [4.69, 9.17) is 16.0 Å². The number of halogens is 3. The molecule has 0 aliphatic rings. The van der Waals surface area contributed by atoms with E-state index in [1.165, 1.54) is 0 Å². The molecule has 2 rings (SSSR count). The van der Waals surface area contributed by atoms with Crippen molar-refractivity contribution < 1.29 is 13.2 Å². The summed E-state index contributed by atoms with van der Waals surface area (Å²) < 4.78 is 29.6. The van der Waals surface area contributed by atoms with Crippen molar-refractivity contribution in [3.63, 3.8) is 0 Å². The van der Waals surface area contributed by atoms with Crippen molar-refractivity contribution >= 4 is 29.1 Å². The van der Waals surface area contributed by atoms with Crippen LogP contribution in [0.25, 0.3) is 0 Å². The Hall–Kier alpha value is -1.20. The van der Waals surface area contributed by atoms with Crippen LogP contribution >= 0.6 is 23.4 Å². The molecule has 0 atom stereocenters. The molecule has 1 aromatic carbocycles. The third-order valence-corrected chi connectivity index (χ3v) is 3.68. The summed E-state index contributed by atoms with van der Waals surface area (Å²) in [5, 5.41) is 3.80. The Kier molecular flexibility index (Phi) is 5.31. The van der Waals surface area contributed by atoms with E-state index in [2.05, 4.69) is 5.32 Å². The molecule has 0 bridgehead atoms. The first-order valence-electron chi connectivity index (χ1n) is 6.02. The summed E-state index contributed by atoms with van der Waals surface area (Å²) in [6.07, 6.45) is 0. The highest BCUT2D eigenvalue weighted by Crippen LogP contribution is 2.24. The number of nitrogens with one attached hydrogen (secondary N) is 1. The van der Waals surface area contributed by atoms with E-state index in [0.29, 0.717) is 34.8 Å². The van der Waals surface area contributed by atoms with Gasteiger partial charge in [0.05, 0.1) is 23.0 Å². The van der Waals surface area contributed by atoms with Crippen LogP contribution in [0, 0.1) is 6.92 Å². The van der Waals surface area contributed by atoms with Crippen molar-refractivity contribution in [1.29, 1.82) is 0 Å². The van der Waals surface area contributed by atoms with Crippen molar-refractivity contribution in [2.75, 3.05) is 5.32 Å². The van der Waals surface area contributed by atoms with Crippen LogP contribution in [0.3, 0.4) is 0 Å². The van der Waals surface area contributed by atoms with Crippen LogP contribution in [-0.2, 0) is 12.3 Å². The molecule has 20 heavy (non-hydrogen) atoms. The van der Waals surface area contributed by atoms with Gasteiger partial charge in [0.1, 0.15) is 11.5 Å². The van der Waals surface area contributed by atoms with Gasteiger partial charge in [0.25, 0.3) is 5.76 Å². The number of hydrogen-bond donors (Lipinski definition) is 1. The summed E-state index contributed by atoms with van der Waals surface area (Å²) in [5.74, 6) is -0.981. The molecule has 1 heterocycles. The van der Waals surface area contributed by atoms with Crippen LogP contribution in [0.4, 0.5) is 14.5 Å². The maximum Gasteiger partial charge on any atom is 0.284 e. The minimum atomic E-state index is -2.38. The quantitative estimate of drug-likeness (QED) is 0.781. The molecule has 0 unspecified atom stereocenters. The average Bonchev–Trinajstić information content (AvgIpc) is 2.85. The highest BCUT2D eigenvalue weighted by atomic mass is 35.5. The molecule has 0 aliphatic heterocycles. The second kappa shape index (κ2) is 6.99. The topological polar surface area (TPSA) is 25.2 Å². The van der Waals surface area contributed by atoms with E-state index < -0.39 is 5.76 Å². The van der Waals surface area contributed by atoms with Crippen molar-refractivity contribution in [3.8, 4) is 0 Å². The molecule has 0 radical (unpaired) electrons. The van der Waals surface area contributed by atoms with E-state index in [9.17, 15) is 8.78 Å². The fourth-order valence-corrected chi connectivity index (χ4v) is 2.33. The van der Waals surface area contributed by atoms with Gasteiger partial charge in [0.2, 0.25) is 0 Å². The standard InChI is InChI=1S/C14H14ClF2NOS/c1-9-2-5-12(15)13(6-9)18-7-10-3-4-11(19-10)8-20-14(16)17/h2-6,14,18H,7-8H2,1H3. The Morgan fingerprint density at radius 1 is 1.25 bits per heavy atom. The number of anilines is 1. The third kappa shape index (κ3) is 4.42.